The number of ether oxygens (including phenoxy) is 1. The highest BCUT2D eigenvalue weighted by molar-refractivity contribution is 5.92. The standard InChI is InChI=1S/C31H44N4O5/c1-6-8-20-35(29(38)25(18-19-26(32)36)34-30(39)40-31(3,4)5)27(24-16-14-22(7-2)15-17-24)28(37)33-21-23-12-10-9-11-13-23/h9-17,25,27H,6-8,18-21H2,1-5H3,(H2,32,36)(H,33,37)(H,34,39). The number of alkyl carbamates (subject to hydrolysis) is 1. The third-order valence-corrected chi connectivity index (χ3v) is 6.28. The second kappa shape index (κ2) is 15.6. The molecule has 9 nitrogen and oxygen atoms in total. The third kappa shape index (κ3) is 10.7. The Balaban J connectivity index is 2.47. The van der Waals surface area contributed by atoms with Gasteiger partial charge in [0.15, 0.2) is 0 Å². The minimum atomic E-state index is -1.11. The van der Waals surface area contributed by atoms with Crippen molar-refractivity contribution in [1.29, 1.82) is 0 Å². The van der Waals surface area contributed by atoms with Gasteiger partial charge in [-0.1, -0.05) is 74.9 Å². The van der Waals surface area contributed by atoms with E-state index in [0.717, 1.165) is 24.0 Å². The van der Waals surface area contributed by atoms with Crippen molar-refractivity contribution in [3.05, 3.63) is 71.3 Å². The third-order valence-electron chi connectivity index (χ3n) is 6.28. The Kier molecular flexibility index (Phi) is 12.6. The van der Waals surface area contributed by atoms with Crippen molar-refractivity contribution in [3.63, 3.8) is 0 Å². The quantitative estimate of drug-likeness (QED) is 0.320. The number of rotatable bonds is 14. The van der Waals surface area contributed by atoms with Crippen LogP contribution in [0, 0.1) is 0 Å². The fourth-order valence-electron chi connectivity index (χ4n) is 4.18. The van der Waals surface area contributed by atoms with Crippen LogP contribution in [0.2, 0.25) is 0 Å². The van der Waals surface area contributed by atoms with Crippen molar-refractivity contribution in [1.82, 2.24) is 15.5 Å². The number of benzene rings is 2. The van der Waals surface area contributed by atoms with E-state index in [9.17, 15) is 19.2 Å². The van der Waals surface area contributed by atoms with Crippen molar-refractivity contribution < 1.29 is 23.9 Å². The number of nitrogens with one attached hydrogen (secondary N) is 2. The second-order valence-electron chi connectivity index (χ2n) is 10.8. The van der Waals surface area contributed by atoms with Crippen LogP contribution in [0.25, 0.3) is 0 Å². The number of hydrogen-bond acceptors (Lipinski definition) is 5. The summed E-state index contributed by atoms with van der Waals surface area (Å²) >= 11 is 0. The summed E-state index contributed by atoms with van der Waals surface area (Å²) in [6.45, 7) is 9.75. The second-order valence-corrected chi connectivity index (χ2v) is 10.8. The van der Waals surface area contributed by atoms with E-state index in [1.165, 1.54) is 4.90 Å². The molecule has 2 aromatic rings. The van der Waals surface area contributed by atoms with Gasteiger partial charge in [-0.2, -0.15) is 0 Å². The molecule has 4 N–H and O–H groups in total. The topological polar surface area (TPSA) is 131 Å². The molecule has 0 aliphatic rings. The van der Waals surface area contributed by atoms with E-state index >= 15 is 0 Å². The van der Waals surface area contributed by atoms with Gasteiger partial charge in [0.1, 0.15) is 17.7 Å². The molecule has 0 radical (unpaired) electrons. The molecule has 0 heterocycles. The van der Waals surface area contributed by atoms with Gasteiger partial charge in [0.25, 0.3) is 0 Å². The highest BCUT2D eigenvalue weighted by Gasteiger charge is 2.36. The number of hydrogen-bond donors (Lipinski definition) is 3. The number of primary amides is 1. The van der Waals surface area contributed by atoms with E-state index in [-0.39, 0.29) is 25.3 Å². The maximum atomic E-state index is 14.1. The predicted molar refractivity (Wildman–Crippen MR) is 155 cm³/mol. The number of aryl methyl sites for hydroxylation is 1. The van der Waals surface area contributed by atoms with Gasteiger partial charge in [-0.25, -0.2) is 4.79 Å². The number of unbranched alkanes of at least 4 members (excludes halogenated alkanes) is 1. The normalized spacial score (nSPS) is 12.6. The van der Waals surface area contributed by atoms with E-state index in [2.05, 4.69) is 10.6 Å². The Labute approximate surface area is 237 Å². The Bertz CT molecular complexity index is 1110. The van der Waals surface area contributed by atoms with Gasteiger partial charge < -0.3 is 26.0 Å². The van der Waals surface area contributed by atoms with Gasteiger partial charge in [-0.3, -0.25) is 14.4 Å². The Morgan fingerprint density at radius 2 is 1.60 bits per heavy atom. The lowest BCUT2D eigenvalue weighted by atomic mass is 9.99. The number of carbonyl (C=O) groups is 4. The minimum Gasteiger partial charge on any atom is -0.444 e. The highest BCUT2D eigenvalue weighted by Crippen LogP contribution is 2.25. The zero-order valence-corrected chi connectivity index (χ0v) is 24.4. The van der Waals surface area contributed by atoms with Gasteiger partial charge in [0, 0.05) is 19.5 Å². The minimum absolute atomic E-state index is 0.0246. The summed E-state index contributed by atoms with van der Waals surface area (Å²) in [5.74, 6) is -1.43. The molecule has 2 rings (SSSR count). The molecule has 0 saturated carbocycles. The van der Waals surface area contributed by atoms with Crippen molar-refractivity contribution >= 4 is 23.8 Å². The van der Waals surface area contributed by atoms with Crippen molar-refractivity contribution in [3.8, 4) is 0 Å². The van der Waals surface area contributed by atoms with Crippen molar-refractivity contribution in [2.24, 2.45) is 5.73 Å². The van der Waals surface area contributed by atoms with Crippen molar-refractivity contribution in [2.45, 2.75) is 91.0 Å². The molecule has 4 amide bonds. The molecule has 2 atom stereocenters. The van der Waals surface area contributed by atoms with Gasteiger partial charge in [0.05, 0.1) is 0 Å². The monoisotopic (exact) mass is 552 g/mol. The number of nitrogens with two attached hydrogens (primary N) is 1. The van der Waals surface area contributed by atoms with Crippen LogP contribution in [-0.4, -0.2) is 46.9 Å². The average molecular weight is 553 g/mol. The van der Waals surface area contributed by atoms with E-state index in [1.807, 2.05) is 68.4 Å². The summed E-state index contributed by atoms with van der Waals surface area (Å²) in [6, 6.07) is 15.1. The summed E-state index contributed by atoms with van der Waals surface area (Å²) in [5, 5.41) is 5.60. The number of nitrogens with zero attached hydrogens (tertiary/aromatic N) is 1. The van der Waals surface area contributed by atoms with Crippen molar-refractivity contribution in [2.75, 3.05) is 6.54 Å². The summed E-state index contributed by atoms with van der Waals surface area (Å²) in [4.78, 5) is 53.7. The SMILES string of the molecule is CCCCN(C(=O)C(CCC(N)=O)NC(=O)OC(C)(C)C)C(C(=O)NCc1ccccc1)c1ccc(CC)cc1. The first-order valence-electron chi connectivity index (χ1n) is 13.9. The molecule has 0 fully saturated rings. The Hall–Kier alpha value is -3.88. The van der Waals surface area contributed by atoms with Crippen LogP contribution >= 0.6 is 0 Å². The van der Waals surface area contributed by atoms with Crippen LogP contribution < -0.4 is 16.4 Å². The molecule has 0 bridgehead atoms. The fourth-order valence-corrected chi connectivity index (χ4v) is 4.18. The summed E-state index contributed by atoms with van der Waals surface area (Å²) in [7, 11) is 0. The van der Waals surface area contributed by atoms with Crippen LogP contribution in [0.4, 0.5) is 4.79 Å². The largest absolute Gasteiger partial charge is 0.444 e. The first kappa shape index (κ1) is 32.3. The van der Waals surface area contributed by atoms with Crippen LogP contribution in [0.15, 0.2) is 54.6 Å². The van der Waals surface area contributed by atoms with Gasteiger partial charge in [0.2, 0.25) is 17.7 Å². The Morgan fingerprint density at radius 3 is 2.15 bits per heavy atom. The van der Waals surface area contributed by atoms with E-state index in [4.69, 9.17) is 10.5 Å². The molecule has 40 heavy (non-hydrogen) atoms. The zero-order chi connectivity index (χ0) is 29.7. The van der Waals surface area contributed by atoms with E-state index < -0.39 is 35.6 Å². The molecule has 0 spiro atoms. The number of amides is 4. The maximum absolute atomic E-state index is 14.1. The predicted octanol–water partition coefficient (Wildman–Crippen LogP) is 4.39. The smallest absolute Gasteiger partial charge is 0.408 e. The molecule has 2 unspecified atom stereocenters. The fraction of sp³-hybridized carbons (Fsp3) is 0.484. The number of carbonyl (C=O) groups excluding carboxylic acids is 4. The maximum Gasteiger partial charge on any atom is 0.408 e. The van der Waals surface area contributed by atoms with Gasteiger partial charge >= 0.3 is 6.09 Å². The summed E-state index contributed by atoms with van der Waals surface area (Å²) in [5.41, 5.74) is 7.27. The van der Waals surface area contributed by atoms with Crippen LogP contribution in [0.3, 0.4) is 0 Å². The molecule has 0 aromatic heterocycles. The molecule has 0 aliphatic carbocycles. The lowest BCUT2D eigenvalue weighted by molar-refractivity contribution is -0.143. The lowest BCUT2D eigenvalue weighted by Crippen LogP contribution is -2.53. The molecule has 0 saturated heterocycles. The zero-order valence-electron chi connectivity index (χ0n) is 24.4. The molecular weight excluding hydrogens is 508 g/mol. The molecule has 2 aromatic carbocycles. The first-order chi connectivity index (χ1) is 18.9. The van der Waals surface area contributed by atoms with E-state index in [0.29, 0.717) is 18.5 Å². The van der Waals surface area contributed by atoms with Crippen LogP contribution in [-0.2, 0) is 32.1 Å². The molecule has 0 aliphatic heterocycles. The van der Waals surface area contributed by atoms with Gasteiger partial charge in [-0.05, 0) is 56.7 Å². The first-order valence-corrected chi connectivity index (χ1v) is 13.9. The highest BCUT2D eigenvalue weighted by atomic mass is 16.6. The summed E-state index contributed by atoms with van der Waals surface area (Å²) < 4.78 is 5.38. The van der Waals surface area contributed by atoms with Gasteiger partial charge in [-0.15, -0.1) is 0 Å². The van der Waals surface area contributed by atoms with Crippen LogP contribution in [0.5, 0.6) is 0 Å². The molecular formula is C31H44N4O5. The van der Waals surface area contributed by atoms with Crippen LogP contribution in [0.1, 0.15) is 83.0 Å². The lowest BCUT2D eigenvalue weighted by Gasteiger charge is -2.34. The Morgan fingerprint density at radius 1 is 0.950 bits per heavy atom. The van der Waals surface area contributed by atoms with E-state index in [1.54, 1.807) is 20.8 Å². The molecule has 218 valence electrons. The average Bonchev–Trinajstić information content (AvgIpc) is 2.91. The molecule has 9 heteroatoms. The summed E-state index contributed by atoms with van der Waals surface area (Å²) in [6.07, 6.45) is 1.31.